The van der Waals surface area contributed by atoms with Gasteiger partial charge in [0.15, 0.2) is 0 Å². The monoisotopic (exact) mass is 427 g/mol. The Bertz CT molecular complexity index is 1060. The number of hydrogen-bond donors (Lipinski definition) is 3. The zero-order chi connectivity index (χ0) is 22.6. The maximum absolute atomic E-state index is 11.6. The standard InChI is InChI=1S/C25H25N5O2/c26-30(27)23(24(31)32)16-22-17-29(18-28-22)25(19-10-4-1-5-11-19,20-12-6-2-7-13-20)21-14-8-3-9-15-21/h1-15,17-18,23H,16,26-27H2,(H,31,32). The number of imidazole rings is 1. The van der Waals surface area contributed by atoms with Crippen LogP contribution >= 0.6 is 0 Å². The summed E-state index contributed by atoms with van der Waals surface area (Å²) in [5.41, 5.74) is 3.02. The zero-order valence-electron chi connectivity index (χ0n) is 17.5. The third-order valence-corrected chi connectivity index (χ3v) is 5.65. The molecule has 7 nitrogen and oxygen atoms in total. The molecule has 3 aromatic carbocycles. The highest BCUT2D eigenvalue weighted by Crippen LogP contribution is 2.40. The highest BCUT2D eigenvalue weighted by atomic mass is 16.4. The van der Waals surface area contributed by atoms with Gasteiger partial charge >= 0.3 is 5.97 Å². The summed E-state index contributed by atoms with van der Waals surface area (Å²) in [6.07, 6.45) is 3.68. The van der Waals surface area contributed by atoms with Crippen molar-refractivity contribution in [3.8, 4) is 0 Å². The number of rotatable bonds is 8. The van der Waals surface area contributed by atoms with E-state index in [1.807, 2.05) is 65.4 Å². The van der Waals surface area contributed by atoms with Crippen molar-refractivity contribution in [2.45, 2.75) is 18.0 Å². The van der Waals surface area contributed by atoms with Gasteiger partial charge in [0.05, 0.1) is 12.0 Å². The first-order valence-corrected chi connectivity index (χ1v) is 10.2. The van der Waals surface area contributed by atoms with Gasteiger partial charge in [-0.25, -0.2) is 4.98 Å². The fraction of sp³-hybridized carbons (Fsp3) is 0.120. The van der Waals surface area contributed by atoms with Crippen LogP contribution in [-0.4, -0.2) is 31.8 Å². The summed E-state index contributed by atoms with van der Waals surface area (Å²) in [6.45, 7) is 0. The predicted molar refractivity (Wildman–Crippen MR) is 122 cm³/mol. The van der Waals surface area contributed by atoms with Crippen molar-refractivity contribution in [3.05, 3.63) is 126 Å². The van der Waals surface area contributed by atoms with Crippen LogP contribution in [-0.2, 0) is 16.8 Å². The summed E-state index contributed by atoms with van der Waals surface area (Å²) in [5.74, 6) is 9.99. The molecular formula is C25H25N5O2. The Morgan fingerprint density at radius 2 is 1.31 bits per heavy atom. The number of hydrogen-bond acceptors (Lipinski definition) is 5. The molecule has 1 aromatic heterocycles. The lowest BCUT2D eigenvalue weighted by molar-refractivity contribution is -0.143. The van der Waals surface area contributed by atoms with E-state index in [1.54, 1.807) is 6.33 Å². The number of nitrogens with zero attached hydrogens (tertiary/aromatic N) is 3. The van der Waals surface area contributed by atoms with E-state index >= 15 is 0 Å². The summed E-state index contributed by atoms with van der Waals surface area (Å²) >= 11 is 0. The summed E-state index contributed by atoms with van der Waals surface area (Å²) in [4.78, 5) is 16.1. The van der Waals surface area contributed by atoms with Gasteiger partial charge in [-0.3, -0.25) is 16.5 Å². The molecule has 0 saturated carbocycles. The molecule has 0 radical (unpaired) electrons. The van der Waals surface area contributed by atoms with Crippen molar-refractivity contribution in [2.75, 3.05) is 0 Å². The van der Waals surface area contributed by atoms with Crippen molar-refractivity contribution in [3.63, 3.8) is 0 Å². The topological polar surface area (TPSA) is 110 Å². The molecule has 32 heavy (non-hydrogen) atoms. The third-order valence-electron chi connectivity index (χ3n) is 5.65. The van der Waals surface area contributed by atoms with Crippen LogP contribution < -0.4 is 11.7 Å². The molecule has 0 aliphatic heterocycles. The van der Waals surface area contributed by atoms with E-state index in [0.29, 0.717) is 10.8 Å². The van der Waals surface area contributed by atoms with E-state index < -0.39 is 17.6 Å². The minimum absolute atomic E-state index is 0.0732. The van der Waals surface area contributed by atoms with Gasteiger partial charge in [-0.2, -0.15) is 5.12 Å². The van der Waals surface area contributed by atoms with Crippen LogP contribution in [0.15, 0.2) is 104 Å². The molecule has 0 saturated heterocycles. The number of carboxylic acid groups (broad SMARTS) is 1. The average molecular weight is 428 g/mol. The number of carboxylic acids is 1. The van der Waals surface area contributed by atoms with Gasteiger partial charge in [-0.05, 0) is 16.7 Å². The highest BCUT2D eigenvalue weighted by molar-refractivity contribution is 5.73. The number of aliphatic carboxylic acids is 1. The number of benzene rings is 3. The van der Waals surface area contributed by atoms with Crippen molar-refractivity contribution in [1.82, 2.24) is 14.7 Å². The normalized spacial score (nSPS) is 12.6. The molecule has 5 N–H and O–H groups in total. The van der Waals surface area contributed by atoms with E-state index in [0.717, 1.165) is 16.7 Å². The molecule has 0 aliphatic rings. The van der Waals surface area contributed by atoms with Gasteiger partial charge in [-0.15, -0.1) is 0 Å². The summed E-state index contributed by atoms with van der Waals surface area (Å²) < 4.78 is 2.03. The lowest BCUT2D eigenvalue weighted by Gasteiger charge is -2.37. The number of hydrazine groups is 2. The van der Waals surface area contributed by atoms with Gasteiger partial charge in [0, 0.05) is 12.6 Å². The Kier molecular flexibility index (Phi) is 6.13. The zero-order valence-corrected chi connectivity index (χ0v) is 17.5. The fourth-order valence-corrected chi connectivity index (χ4v) is 4.16. The van der Waals surface area contributed by atoms with E-state index in [2.05, 4.69) is 41.4 Å². The van der Waals surface area contributed by atoms with Gasteiger partial charge in [-0.1, -0.05) is 91.0 Å². The van der Waals surface area contributed by atoms with Crippen LogP contribution in [0, 0.1) is 0 Å². The molecule has 0 fully saturated rings. The van der Waals surface area contributed by atoms with E-state index in [-0.39, 0.29) is 6.42 Å². The Balaban J connectivity index is 1.93. The molecule has 162 valence electrons. The molecular weight excluding hydrogens is 402 g/mol. The molecule has 1 atom stereocenters. The van der Waals surface area contributed by atoms with E-state index in [9.17, 15) is 9.90 Å². The summed E-state index contributed by atoms with van der Waals surface area (Å²) in [5, 5.41) is 10.2. The lowest BCUT2D eigenvalue weighted by atomic mass is 9.77. The quantitative estimate of drug-likeness (QED) is 0.227. The first kappa shape index (κ1) is 21.5. The van der Waals surface area contributed by atoms with Crippen LogP contribution in [0.1, 0.15) is 22.4 Å². The van der Waals surface area contributed by atoms with E-state index in [1.165, 1.54) is 0 Å². The van der Waals surface area contributed by atoms with Crippen LogP contribution in [0.5, 0.6) is 0 Å². The van der Waals surface area contributed by atoms with E-state index in [4.69, 9.17) is 11.7 Å². The molecule has 1 unspecified atom stereocenters. The molecule has 4 aromatic rings. The molecule has 0 aliphatic carbocycles. The van der Waals surface area contributed by atoms with Gasteiger partial charge in [0.1, 0.15) is 11.6 Å². The highest BCUT2D eigenvalue weighted by Gasteiger charge is 2.38. The maximum atomic E-state index is 11.6. The van der Waals surface area contributed by atoms with Crippen LogP contribution in [0.2, 0.25) is 0 Å². The SMILES string of the molecule is NN(N)C(Cc1cn(C(c2ccccc2)(c2ccccc2)c2ccccc2)cn1)C(=O)O. The molecule has 0 spiro atoms. The van der Waals surface area contributed by atoms with Gasteiger partial charge in [0.25, 0.3) is 0 Å². The summed E-state index contributed by atoms with van der Waals surface area (Å²) in [7, 11) is 0. The Labute approximate surface area is 186 Å². The molecule has 0 bridgehead atoms. The number of carbonyl (C=O) groups is 1. The molecule has 0 amide bonds. The second-order valence-corrected chi connectivity index (χ2v) is 7.59. The minimum Gasteiger partial charge on any atom is -0.480 e. The van der Waals surface area contributed by atoms with Crippen LogP contribution in [0.4, 0.5) is 0 Å². The predicted octanol–water partition coefficient (Wildman–Crippen LogP) is 2.77. The average Bonchev–Trinajstić information content (AvgIpc) is 3.29. The largest absolute Gasteiger partial charge is 0.480 e. The number of nitrogens with two attached hydrogens (primary N) is 2. The second-order valence-electron chi connectivity index (χ2n) is 7.59. The third kappa shape index (κ3) is 3.92. The smallest absolute Gasteiger partial charge is 0.324 e. The van der Waals surface area contributed by atoms with Crippen molar-refractivity contribution >= 4 is 5.97 Å². The fourth-order valence-electron chi connectivity index (χ4n) is 4.16. The van der Waals surface area contributed by atoms with Crippen LogP contribution in [0.3, 0.4) is 0 Å². The molecule has 4 rings (SSSR count). The van der Waals surface area contributed by atoms with Crippen LogP contribution in [0.25, 0.3) is 0 Å². The van der Waals surface area contributed by atoms with Gasteiger partial charge in [0.2, 0.25) is 0 Å². The van der Waals surface area contributed by atoms with Gasteiger partial charge < -0.3 is 9.67 Å². The minimum atomic E-state index is -1.11. The summed E-state index contributed by atoms with van der Waals surface area (Å²) in [6, 6.07) is 29.4. The molecule has 1 heterocycles. The first-order valence-electron chi connectivity index (χ1n) is 10.2. The Hall–Kier alpha value is -3.78. The molecule has 7 heteroatoms. The second kappa shape index (κ2) is 9.15. The first-order chi connectivity index (χ1) is 15.5. The van der Waals surface area contributed by atoms with Crippen molar-refractivity contribution in [2.24, 2.45) is 11.7 Å². The maximum Gasteiger partial charge on any atom is 0.324 e. The van der Waals surface area contributed by atoms with Crippen molar-refractivity contribution in [1.29, 1.82) is 0 Å². The lowest BCUT2D eigenvalue weighted by Crippen LogP contribution is -2.51. The Morgan fingerprint density at radius 3 is 1.69 bits per heavy atom. The Morgan fingerprint density at radius 1 is 0.875 bits per heavy atom. The van der Waals surface area contributed by atoms with Crippen molar-refractivity contribution < 1.29 is 9.90 Å². The number of aromatic nitrogens is 2.